The average molecular weight is 462 g/mol. The molecule has 0 saturated carbocycles. The molecule has 9 nitrogen and oxygen atoms in total. The number of rotatable bonds is 8. The first kappa shape index (κ1) is 22.8. The van der Waals surface area contributed by atoms with Gasteiger partial charge < -0.3 is 18.7 Å². The van der Waals surface area contributed by atoms with E-state index in [2.05, 4.69) is 5.16 Å². The van der Waals surface area contributed by atoms with Crippen LogP contribution in [0.4, 0.5) is 0 Å². The molecule has 2 aromatic carbocycles. The van der Waals surface area contributed by atoms with Crippen molar-refractivity contribution >= 4 is 23.9 Å². The Morgan fingerprint density at radius 1 is 1.06 bits per heavy atom. The second-order valence-corrected chi connectivity index (χ2v) is 7.51. The van der Waals surface area contributed by atoms with Crippen molar-refractivity contribution in [2.24, 2.45) is 0 Å². The summed E-state index contributed by atoms with van der Waals surface area (Å²) in [5.74, 6) is 0.00902. The van der Waals surface area contributed by atoms with Gasteiger partial charge in [-0.1, -0.05) is 23.4 Å². The van der Waals surface area contributed by atoms with Crippen molar-refractivity contribution in [3.63, 3.8) is 0 Å². The summed E-state index contributed by atoms with van der Waals surface area (Å²) in [7, 11) is 1.52. The van der Waals surface area contributed by atoms with E-state index in [4.69, 9.17) is 18.7 Å². The number of hydrogen-bond donors (Lipinski definition) is 0. The molecule has 0 N–H and O–H groups in total. The van der Waals surface area contributed by atoms with Gasteiger partial charge in [-0.3, -0.25) is 9.59 Å². The third-order valence-corrected chi connectivity index (χ3v) is 5.37. The maximum Gasteiger partial charge on any atom is 0.332 e. The zero-order valence-electron chi connectivity index (χ0n) is 18.9. The van der Waals surface area contributed by atoms with Crippen LogP contribution in [0.1, 0.15) is 43.3 Å². The molecule has 1 aliphatic rings. The van der Waals surface area contributed by atoms with Gasteiger partial charge in [0.2, 0.25) is 0 Å². The van der Waals surface area contributed by atoms with E-state index < -0.39 is 24.5 Å². The third-order valence-electron chi connectivity index (χ3n) is 5.37. The molecule has 1 aromatic heterocycles. The van der Waals surface area contributed by atoms with Crippen LogP contribution >= 0.6 is 0 Å². The van der Waals surface area contributed by atoms with Crippen molar-refractivity contribution in [2.45, 2.75) is 20.5 Å². The predicted octanol–water partition coefficient (Wildman–Crippen LogP) is 3.69. The van der Waals surface area contributed by atoms with Gasteiger partial charge in [-0.15, -0.1) is 0 Å². The Balaban J connectivity index is 1.35. The molecule has 0 fully saturated rings. The van der Waals surface area contributed by atoms with Crippen LogP contribution in [0.2, 0.25) is 0 Å². The summed E-state index contributed by atoms with van der Waals surface area (Å²) in [5, 5.41) is 3.91. The number of hydrogen-bond acceptors (Lipinski definition) is 8. The summed E-state index contributed by atoms with van der Waals surface area (Å²) in [6, 6.07) is 11.6. The van der Waals surface area contributed by atoms with Crippen molar-refractivity contribution < 1.29 is 33.1 Å². The number of esters is 1. The summed E-state index contributed by atoms with van der Waals surface area (Å²) in [5.41, 5.74) is 2.88. The molecule has 0 radical (unpaired) electrons. The van der Waals surface area contributed by atoms with Crippen molar-refractivity contribution in [1.29, 1.82) is 0 Å². The fourth-order valence-electron chi connectivity index (χ4n) is 3.46. The van der Waals surface area contributed by atoms with Crippen molar-refractivity contribution in [2.75, 3.05) is 13.8 Å². The van der Waals surface area contributed by atoms with E-state index in [1.54, 1.807) is 42.5 Å². The summed E-state index contributed by atoms with van der Waals surface area (Å²) >= 11 is 0. The van der Waals surface area contributed by atoms with Crippen LogP contribution in [0.5, 0.6) is 11.5 Å². The number of benzene rings is 2. The third kappa shape index (κ3) is 4.54. The molecule has 0 saturated heterocycles. The van der Waals surface area contributed by atoms with Crippen LogP contribution in [-0.2, 0) is 16.1 Å². The van der Waals surface area contributed by atoms with Crippen LogP contribution in [0.15, 0.2) is 53.1 Å². The van der Waals surface area contributed by atoms with E-state index in [9.17, 15) is 14.4 Å². The van der Waals surface area contributed by atoms with Crippen LogP contribution in [0.25, 0.3) is 6.08 Å². The standard InChI is InChI=1S/C25H22N2O7/c1-15-20(16(2)34-26-15)13-32-21-10-8-17(12-22(21)31-3)9-11-23(28)33-14-27-24(29)18-6-4-5-7-19(18)25(27)30/h4-12H,13-14H2,1-3H3/b11-9+. The molecule has 0 bridgehead atoms. The molecule has 0 unspecified atom stereocenters. The summed E-state index contributed by atoms with van der Waals surface area (Å²) in [6.07, 6.45) is 2.74. The molecule has 0 atom stereocenters. The van der Waals surface area contributed by atoms with Gasteiger partial charge in [-0.25, -0.2) is 9.69 Å². The Kier molecular flexibility index (Phi) is 6.44. The number of amides is 2. The Labute approximate surface area is 195 Å². The lowest BCUT2D eigenvalue weighted by atomic mass is 10.1. The number of aromatic nitrogens is 1. The highest BCUT2D eigenvalue weighted by Gasteiger charge is 2.35. The zero-order valence-corrected chi connectivity index (χ0v) is 18.9. The van der Waals surface area contributed by atoms with Crippen LogP contribution in [0.3, 0.4) is 0 Å². The highest BCUT2D eigenvalue weighted by atomic mass is 16.5. The molecule has 1 aliphatic heterocycles. The molecule has 0 aliphatic carbocycles. The number of fused-ring (bicyclic) bond motifs is 1. The van der Waals surface area contributed by atoms with E-state index in [0.717, 1.165) is 16.2 Å². The second kappa shape index (κ2) is 9.62. The Bertz CT molecular complexity index is 1240. The lowest BCUT2D eigenvalue weighted by molar-refractivity contribution is -0.140. The lowest BCUT2D eigenvalue weighted by Crippen LogP contribution is -2.32. The highest BCUT2D eigenvalue weighted by molar-refractivity contribution is 6.21. The number of methoxy groups -OCH3 is 1. The summed E-state index contributed by atoms with van der Waals surface area (Å²) < 4.78 is 21.5. The first-order chi connectivity index (χ1) is 16.4. The Morgan fingerprint density at radius 2 is 1.76 bits per heavy atom. The molecule has 2 amide bonds. The molecule has 9 heteroatoms. The molecule has 0 spiro atoms. The van der Waals surface area contributed by atoms with E-state index in [1.165, 1.54) is 19.3 Å². The van der Waals surface area contributed by atoms with Gasteiger partial charge in [0, 0.05) is 6.08 Å². The Morgan fingerprint density at radius 3 is 2.38 bits per heavy atom. The molecule has 4 rings (SSSR count). The summed E-state index contributed by atoms with van der Waals surface area (Å²) in [6.45, 7) is 3.47. The maximum atomic E-state index is 12.3. The van der Waals surface area contributed by atoms with E-state index in [1.807, 2.05) is 13.8 Å². The van der Waals surface area contributed by atoms with Crippen molar-refractivity contribution in [3.05, 3.63) is 82.2 Å². The van der Waals surface area contributed by atoms with E-state index in [-0.39, 0.29) is 6.61 Å². The molecular weight excluding hydrogens is 440 g/mol. The van der Waals surface area contributed by atoms with Gasteiger partial charge >= 0.3 is 5.97 Å². The number of carbonyl (C=O) groups is 3. The number of aryl methyl sites for hydroxylation is 2. The van der Waals surface area contributed by atoms with Gasteiger partial charge in [0.15, 0.2) is 18.2 Å². The topological polar surface area (TPSA) is 108 Å². The van der Waals surface area contributed by atoms with Crippen LogP contribution in [0, 0.1) is 13.8 Å². The minimum absolute atomic E-state index is 0.275. The fourth-order valence-corrected chi connectivity index (χ4v) is 3.46. The second-order valence-electron chi connectivity index (χ2n) is 7.51. The van der Waals surface area contributed by atoms with Crippen molar-refractivity contribution in [1.82, 2.24) is 10.1 Å². The van der Waals surface area contributed by atoms with Gasteiger partial charge in [-0.2, -0.15) is 0 Å². The monoisotopic (exact) mass is 462 g/mol. The number of nitrogens with zero attached hydrogens (tertiary/aromatic N) is 2. The minimum atomic E-state index is -0.700. The molecule has 2 heterocycles. The molecule has 3 aromatic rings. The number of carbonyl (C=O) groups excluding carboxylic acids is 3. The largest absolute Gasteiger partial charge is 0.493 e. The van der Waals surface area contributed by atoms with Gasteiger partial charge in [0.1, 0.15) is 12.4 Å². The number of ether oxygens (including phenoxy) is 3. The molecule has 34 heavy (non-hydrogen) atoms. The van der Waals surface area contributed by atoms with E-state index >= 15 is 0 Å². The lowest BCUT2D eigenvalue weighted by Gasteiger charge is -2.13. The van der Waals surface area contributed by atoms with Gasteiger partial charge in [-0.05, 0) is 49.8 Å². The molecular formula is C25H22N2O7. The highest BCUT2D eigenvalue weighted by Crippen LogP contribution is 2.30. The zero-order chi connectivity index (χ0) is 24.2. The SMILES string of the molecule is COc1cc(/C=C/C(=O)OCN2C(=O)c3ccccc3C2=O)ccc1OCc1c(C)noc1C. The maximum absolute atomic E-state index is 12.3. The quantitative estimate of drug-likeness (QED) is 0.283. The fraction of sp³-hybridized carbons (Fsp3) is 0.200. The first-order valence-electron chi connectivity index (χ1n) is 10.4. The van der Waals surface area contributed by atoms with Crippen molar-refractivity contribution in [3.8, 4) is 11.5 Å². The smallest absolute Gasteiger partial charge is 0.332 e. The Hall–Kier alpha value is -4.40. The predicted molar refractivity (Wildman–Crippen MR) is 120 cm³/mol. The first-order valence-corrected chi connectivity index (χ1v) is 10.4. The minimum Gasteiger partial charge on any atom is -0.493 e. The number of imide groups is 1. The molecule has 174 valence electrons. The van der Waals surface area contributed by atoms with Gasteiger partial charge in [0.25, 0.3) is 11.8 Å². The average Bonchev–Trinajstić information content (AvgIpc) is 3.30. The normalized spacial score (nSPS) is 12.9. The van der Waals surface area contributed by atoms with Gasteiger partial charge in [0.05, 0.1) is 29.5 Å². The van der Waals surface area contributed by atoms with Crippen LogP contribution in [-0.4, -0.2) is 41.7 Å². The van der Waals surface area contributed by atoms with E-state index in [0.29, 0.717) is 33.9 Å². The van der Waals surface area contributed by atoms with Crippen LogP contribution < -0.4 is 9.47 Å². The summed E-state index contributed by atoms with van der Waals surface area (Å²) in [4.78, 5) is 37.7.